The molecule has 2 heterocycles. The summed E-state index contributed by atoms with van der Waals surface area (Å²) in [6.07, 6.45) is 2.65. The van der Waals surface area contributed by atoms with Crippen LogP contribution >= 0.6 is 0 Å². The average molecular weight is 194 g/mol. The van der Waals surface area contributed by atoms with Crippen LogP contribution in [0.1, 0.15) is 12.8 Å². The van der Waals surface area contributed by atoms with Crippen molar-refractivity contribution in [3.05, 3.63) is 0 Å². The number of nitrogens with two attached hydrogens (primary N) is 1. The first-order valence-corrected chi connectivity index (χ1v) is 5.41. The van der Waals surface area contributed by atoms with Crippen LogP contribution < -0.4 is 5.73 Å². The van der Waals surface area contributed by atoms with E-state index in [0.29, 0.717) is 0 Å². The molecular weight excluding hydrogens is 176 g/mol. The number of nitrogens with zero attached hydrogens (tertiary/aromatic N) is 3. The Labute approximate surface area is 85.3 Å². The first-order chi connectivity index (χ1) is 6.79. The maximum Gasteiger partial charge on any atom is 0.106 e. The Morgan fingerprint density at radius 2 is 2.29 bits per heavy atom. The molecule has 0 bridgehead atoms. The Morgan fingerprint density at radius 1 is 1.43 bits per heavy atom. The number of nitriles is 1. The molecule has 2 saturated heterocycles. The minimum Gasteiger partial charge on any atom is -0.315 e. The molecular formula is C10H18N4. The maximum atomic E-state index is 8.64. The zero-order valence-electron chi connectivity index (χ0n) is 8.52. The molecule has 0 saturated carbocycles. The van der Waals surface area contributed by atoms with E-state index in [1.807, 2.05) is 0 Å². The first-order valence-electron chi connectivity index (χ1n) is 5.41. The molecule has 0 aromatic carbocycles. The van der Waals surface area contributed by atoms with Gasteiger partial charge in [0, 0.05) is 32.2 Å². The molecule has 0 radical (unpaired) electrons. The predicted molar refractivity (Wildman–Crippen MR) is 54.6 cm³/mol. The van der Waals surface area contributed by atoms with E-state index in [9.17, 15) is 0 Å². The standard InChI is InChI=1S/C10H18N4/c11-6-9(12)7-13-4-5-14-3-1-2-10(14)8-13/h9-10H,1-5,7-8,12H2. The summed E-state index contributed by atoms with van der Waals surface area (Å²) < 4.78 is 0. The zero-order valence-corrected chi connectivity index (χ0v) is 8.52. The first kappa shape index (κ1) is 9.91. The van der Waals surface area contributed by atoms with Crippen molar-refractivity contribution >= 4 is 0 Å². The van der Waals surface area contributed by atoms with Gasteiger partial charge in [0.05, 0.1) is 6.07 Å². The van der Waals surface area contributed by atoms with Gasteiger partial charge in [-0.2, -0.15) is 5.26 Å². The molecule has 0 aromatic rings. The van der Waals surface area contributed by atoms with Gasteiger partial charge >= 0.3 is 0 Å². The molecule has 2 fully saturated rings. The van der Waals surface area contributed by atoms with E-state index in [0.717, 1.165) is 32.2 Å². The van der Waals surface area contributed by atoms with Crippen LogP contribution in [0.15, 0.2) is 0 Å². The van der Waals surface area contributed by atoms with Gasteiger partial charge in [-0.15, -0.1) is 0 Å². The van der Waals surface area contributed by atoms with Crippen molar-refractivity contribution in [2.75, 3.05) is 32.7 Å². The Kier molecular flexibility index (Phi) is 3.02. The summed E-state index contributed by atoms with van der Waals surface area (Å²) in [7, 11) is 0. The van der Waals surface area contributed by atoms with Crippen LogP contribution in [-0.2, 0) is 0 Å². The van der Waals surface area contributed by atoms with Crippen LogP contribution in [0.25, 0.3) is 0 Å². The van der Waals surface area contributed by atoms with E-state index in [-0.39, 0.29) is 6.04 Å². The molecule has 2 unspecified atom stereocenters. The molecule has 2 N–H and O–H groups in total. The van der Waals surface area contributed by atoms with E-state index in [1.165, 1.54) is 19.4 Å². The van der Waals surface area contributed by atoms with Crippen molar-refractivity contribution in [1.29, 1.82) is 5.26 Å². The molecule has 78 valence electrons. The van der Waals surface area contributed by atoms with E-state index in [1.54, 1.807) is 0 Å². The third-order valence-electron chi connectivity index (χ3n) is 3.29. The molecule has 2 aliphatic rings. The quantitative estimate of drug-likeness (QED) is 0.651. The number of rotatable bonds is 2. The number of fused-ring (bicyclic) bond motifs is 1. The highest BCUT2D eigenvalue weighted by Gasteiger charge is 2.30. The predicted octanol–water partition coefficient (Wildman–Crippen LogP) is -0.383. The second kappa shape index (κ2) is 4.26. The van der Waals surface area contributed by atoms with Gasteiger partial charge in [-0.3, -0.25) is 9.80 Å². The van der Waals surface area contributed by atoms with E-state index in [2.05, 4.69) is 15.9 Å². The van der Waals surface area contributed by atoms with E-state index in [4.69, 9.17) is 11.0 Å². The number of hydrogen-bond acceptors (Lipinski definition) is 4. The van der Waals surface area contributed by atoms with Crippen LogP contribution in [-0.4, -0.2) is 54.6 Å². The summed E-state index contributed by atoms with van der Waals surface area (Å²) in [4.78, 5) is 4.90. The fourth-order valence-corrected chi connectivity index (χ4v) is 2.54. The van der Waals surface area contributed by atoms with Crippen LogP contribution in [0.3, 0.4) is 0 Å². The summed E-state index contributed by atoms with van der Waals surface area (Å²) in [5, 5.41) is 8.64. The lowest BCUT2D eigenvalue weighted by Gasteiger charge is -2.37. The Balaban J connectivity index is 1.83. The highest BCUT2D eigenvalue weighted by Crippen LogP contribution is 2.21. The van der Waals surface area contributed by atoms with Crippen molar-refractivity contribution < 1.29 is 0 Å². The second-order valence-electron chi connectivity index (χ2n) is 4.33. The molecule has 0 amide bonds. The molecule has 4 nitrogen and oxygen atoms in total. The third kappa shape index (κ3) is 2.06. The normalized spacial score (nSPS) is 31.0. The molecule has 2 aliphatic heterocycles. The van der Waals surface area contributed by atoms with Crippen LogP contribution in [0, 0.1) is 11.3 Å². The lowest BCUT2D eigenvalue weighted by Crippen LogP contribution is -2.52. The Bertz CT molecular complexity index is 235. The van der Waals surface area contributed by atoms with Crippen LogP contribution in [0.4, 0.5) is 0 Å². The molecule has 0 aliphatic carbocycles. The topological polar surface area (TPSA) is 56.3 Å². The average Bonchev–Trinajstić information content (AvgIpc) is 2.64. The minimum absolute atomic E-state index is 0.317. The summed E-state index contributed by atoms with van der Waals surface area (Å²) in [6.45, 7) is 5.34. The van der Waals surface area contributed by atoms with Gasteiger partial charge in [-0.05, 0) is 19.4 Å². The lowest BCUT2D eigenvalue weighted by atomic mass is 10.1. The molecule has 14 heavy (non-hydrogen) atoms. The Hall–Kier alpha value is -0.630. The van der Waals surface area contributed by atoms with E-state index >= 15 is 0 Å². The largest absolute Gasteiger partial charge is 0.315 e. The zero-order chi connectivity index (χ0) is 9.97. The van der Waals surface area contributed by atoms with Gasteiger partial charge in [0.25, 0.3) is 0 Å². The van der Waals surface area contributed by atoms with Crippen molar-refractivity contribution in [2.24, 2.45) is 5.73 Å². The van der Waals surface area contributed by atoms with Gasteiger partial charge in [0.15, 0.2) is 0 Å². The van der Waals surface area contributed by atoms with Crippen molar-refractivity contribution in [1.82, 2.24) is 9.80 Å². The van der Waals surface area contributed by atoms with Gasteiger partial charge < -0.3 is 5.73 Å². The molecule has 0 spiro atoms. The van der Waals surface area contributed by atoms with Gasteiger partial charge in [0.1, 0.15) is 6.04 Å². The van der Waals surface area contributed by atoms with Crippen LogP contribution in [0.5, 0.6) is 0 Å². The summed E-state index contributed by atoms with van der Waals surface area (Å²) in [5.41, 5.74) is 5.62. The minimum atomic E-state index is -0.317. The van der Waals surface area contributed by atoms with E-state index < -0.39 is 0 Å². The summed E-state index contributed by atoms with van der Waals surface area (Å²) in [6, 6.07) is 2.51. The lowest BCUT2D eigenvalue weighted by molar-refractivity contribution is 0.103. The highest BCUT2D eigenvalue weighted by atomic mass is 15.3. The maximum absolute atomic E-state index is 8.64. The third-order valence-corrected chi connectivity index (χ3v) is 3.29. The fourth-order valence-electron chi connectivity index (χ4n) is 2.54. The van der Waals surface area contributed by atoms with Gasteiger partial charge in [-0.1, -0.05) is 0 Å². The van der Waals surface area contributed by atoms with Crippen LogP contribution in [0.2, 0.25) is 0 Å². The molecule has 2 rings (SSSR count). The monoisotopic (exact) mass is 194 g/mol. The molecule has 0 aromatic heterocycles. The number of hydrogen-bond donors (Lipinski definition) is 1. The molecule has 4 heteroatoms. The second-order valence-corrected chi connectivity index (χ2v) is 4.33. The van der Waals surface area contributed by atoms with Crippen molar-refractivity contribution in [2.45, 2.75) is 24.9 Å². The smallest absolute Gasteiger partial charge is 0.106 e. The molecule has 2 atom stereocenters. The van der Waals surface area contributed by atoms with Gasteiger partial charge in [0.2, 0.25) is 0 Å². The van der Waals surface area contributed by atoms with Crippen molar-refractivity contribution in [3.63, 3.8) is 0 Å². The highest BCUT2D eigenvalue weighted by molar-refractivity contribution is 4.93. The fraction of sp³-hybridized carbons (Fsp3) is 0.900. The number of piperazine rings is 1. The van der Waals surface area contributed by atoms with Gasteiger partial charge in [-0.25, -0.2) is 0 Å². The summed E-state index contributed by atoms with van der Waals surface area (Å²) >= 11 is 0. The Morgan fingerprint density at radius 3 is 3.07 bits per heavy atom. The SMILES string of the molecule is N#CC(N)CN1CCN2CCCC2C1. The van der Waals surface area contributed by atoms with Crippen molar-refractivity contribution in [3.8, 4) is 6.07 Å². The summed E-state index contributed by atoms with van der Waals surface area (Å²) in [5.74, 6) is 0.